The number of rotatable bonds is 10. The molecule has 0 spiro atoms. The summed E-state index contributed by atoms with van der Waals surface area (Å²) in [5, 5.41) is 9.56. The second-order valence-corrected chi connectivity index (χ2v) is 10.1. The lowest BCUT2D eigenvalue weighted by atomic mass is 10.0. The minimum Gasteiger partial charge on any atom is -0.478 e. The van der Waals surface area contributed by atoms with Gasteiger partial charge in [-0.1, -0.05) is 54.1 Å². The molecule has 1 aliphatic carbocycles. The van der Waals surface area contributed by atoms with Crippen molar-refractivity contribution in [2.45, 2.75) is 30.6 Å². The fourth-order valence-electron chi connectivity index (χ4n) is 3.16. The van der Waals surface area contributed by atoms with Crippen LogP contribution >= 0.6 is 11.8 Å². The highest BCUT2D eigenvalue weighted by Crippen LogP contribution is 2.28. The van der Waals surface area contributed by atoms with Crippen LogP contribution in [0, 0.1) is 0 Å². The first kappa shape index (κ1) is 22.2. The van der Waals surface area contributed by atoms with Gasteiger partial charge in [0.2, 0.25) is 10.0 Å². The van der Waals surface area contributed by atoms with E-state index in [0.717, 1.165) is 35.5 Å². The molecule has 0 saturated heterocycles. The fourth-order valence-corrected chi connectivity index (χ4v) is 5.24. The van der Waals surface area contributed by atoms with E-state index in [0.29, 0.717) is 6.42 Å². The lowest BCUT2D eigenvalue weighted by Crippen LogP contribution is -2.20. The van der Waals surface area contributed by atoms with E-state index in [9.17, 15) is 18.3 Å². The number of thioether (sulfide) groups is 1. The average molecular weight is 444 g/mol. The second kappa shape index (κ2) is 10.5. The fraction of sp³-hybridized carbons (Fsp3) is 0.261. The number of anilines is 1. The van der Waals surface area contributed by atoms with Crippen LogP contribution in [0.25, 0.3) is 0 Å². The van der Waals surface area contributed by atoms with Gasteiger partial charge in [-0.25, -0.2) is 13.2 Å². The molecule has 0 aromatic heterocycles. The SMILES string of the molecule is O=C(O)c1cc(SCCC2=CC=CCC2)ccc1NS(=O)(=O)CCc1ccccc1. The largest absolute Gasteiger partial charge is 0.478 e. The van der Waals surface area contributed by atoms with Crippen molar-refractivity contribution in [1.82, 2.24) is 0 Å². The molecule has 2 N–H and O–H groups in total. The van der Waals surface area contributed by atoms with Crippen LogP contribution in [0.15, 0.2) is 77.2 Å². The zero-order valence-corrected chi connectivity index (χ0v) is 18.2. The highest BCUT2D eigenvalue weighted by atomic mass is 32.2. The van der Waals surface area contributed by atoms with Crippen molar-refractivity contribution < 1.29 is 18.3 Å². The molecule has 30 heavy (non-hydrogen) atoms. The van der Waals surface area contributed by atoms with Crippen molar-refractivity contribution in [3.05, 3.63) is 83.5 Å². The smallest absolute Gasteiger partial charge is 0.337 e. The Morgan fingerprint density at radius 2 is 1.90 bits per heavy atom. The first-order chi connectivity index (χ1) is 14.4. The number of benzene rings is 2. The van der Waals surface area contributed by atoms with E-state index in [-0.39, 0.29) is 17.0 Å². The number of carboxylic acid groups (broad SMARTS) is 1. The van der Waals surface area contributed by atoms with E-state index in [4.69, 9.17) is 0 Å². The molecule has 0 unspecified atom stereocenters. The summed E-state index contributed by atoms with van der Waals surface area (Å²) in [6.45, 7) is 0. The standard InChI is InChI=1S/C23H25NO4S2/c25-23(26)21-17-20(29-15-13-18-7-3-1-4-8-18)11-12-22(21)24-30(27,28)16-14-19-9-5-2-6-10-19/h1-3,5-7,9-12,17,24H,4,8,13-16H2,(H,25,26). The Bertz CT molecular complexity index is 1040. The van der Waals surface area contributed by atoms with Gasteiger partial charge in [-0.3, -0.25) is 4.72 Å². The minimum atomic E-state index is -3.67. The number of hydrogen-bond donors (Lipinski definition) is 2. The van der Waals surface area contributed by atoms with Crippen molar-refractivity contribution in [2.75, 3.05) is 16.2 Å². The van der Waals surface area contributed by atoms with Crippen LogP contribution in [0.3, 0.4) is 0 Å². The van der Waals surface area contributed by atoms with E-state index in [1.54, 1.807) is 17.8 Å². The number of carbonyl (C=O) groups is 1. The lowest BCUT2D eigenvalue weighted by Gasteiger charge is -2.13. The van der Waals surface area contributed by atoms with Gasteiger partial charge >= 0.3 is 5.97 Å². The number of aryl methyl sites for hydroxylation is 1. The predicted molar refractivity (Wildman–Crippen MR) is 123 cm³/mol. The topological polar surface area (TPSA) is 83.5 Å². The highest BCUT2D eigenvalue weighted by Gasteiger charge is 2.17. The van der Waals surface area contributed by atoms with E-state index in [1.165, 1.54) is 17.7 Å². The zero-order valence-electron chi connectivity index (χ0n) is 16.6. The van der Waals surface area contributed by atoms with Crippen LogP contribution in [0.4, 0.5) is 5.69 Å². The maximum Gasteiger partial charge on any atom is 0.337 e. The van der Waals surface area contributed by atoms with Crippen LogP contribution < -0.4 is 4.72 Å². The number of carboxylic acids is 1. The molecule has 7 heteroatoms. The van der Waals surface area contributed by atoms with Crippen LogP contribution in [0.5, 0.6) is 0 Å². The lowest BCUT2D eigenvalue weighted by molar-refractivity contribution is 0.0698. The molecule has 2 aromatic rings. The average Bonchev–Trinajstić information content (AvgIpc) is 2.74. The third-order valence-corrected chi connectivity index (χ3v) is 7.05. The van der Waals surface area contributed by atoms with Crippen molar-refractivity contribution in [2.24, 2.45) is 0 Å². The molecule has 0 saturated carbocycles. The van der Waals surface area contributed by atoms with Crippen LogP contribution in [-0.4, -0.2) is 31.0 Å². The molecule has 0 heterocycles. The maximum atomic E-state index is 12.5. The molecule has 2 aromatic carbocycles. The molecule has 3 rings (SSSR count). The Hall–Kier alpha value is -2.51. The molecule has 0 bridgehead atoms. The summed E-state index contributed by atoms with van der Waals surface area (Å²) in [4.78, 5) is 12.5. The minimum absolute atomic E-state index is 0.0388. The van der Waals surface area contributed by atoms with Gasteiger partial charge in [-0.2, -0.15) is 0 Å². The summed E-state index contributed by atoms with van der Waals surface area (Å²) in [5.74, 6) is -0.421. The molecular weight excluding hydrogens is 418 g/mol. The Kier molecular flexibility index (Phi) is 7.76. The van der Waals surface area contributed by atoms with Gasteiger partial charge in [0.1, 0.15) is 0 Å². The van der Waals surface area contributed by atoms with Crippen molar-refractivity contribution >= 4 is 33.4 Å². The Morgan fingerprint density at radius 1 is 1.10 bits per heavy atom. The first-order valence-corrected chi connectivity index (χ1v) is 12.5. The third-order valence-electron chi connectivity index (χ3n) is 4.78. The van der Waals surface area contributed by atoms with Crippen LogP contribution in [0.1, 0.15) is 35.2 Å². The van der Waals surface area contributed by atoms with Gasteiger partial charge < -0.3 is 5.11 Å². The highest BCUT2D eigenvalue weighted by molar-refractivity contribution is 7.99. The Balaban J connectivity index is 1.63. The van der Waals surface area contributed by atoms with Gasteiger partial charge in [0.25, 0.3) is 0 Å². The monoisotopic (exact) mass is 443 g/mol. The Morgan fingerprint density at radius 3 is 2.60 bits per heavy atom. The van der Waals surface area contributed by atoms with Crippen LogP contribution in [0.2, 0.25) is 0 Å². The maximum absolute atomic E-state index is 12.5. The molecule has 0 aliphatic heterocycles. The van der Waals surface area contributed by atoms with Gasteiger partial charge in [0, 0.05) is 10.6 Å². The summed E-state index contributed by atoms with van der Waals surface area (Å²) in [5.41, 5.74) is 2.37. The normalized spacial score (nSPS) is 13.7. The number of aromatic carboxylic acids is 1. The molecule has 158 valence electrons. The summed E-state index contributed by atoms with van der Waals surface area (Å²) in [6.07, 6.45) is 9.81. The number of allylic oxidation sites excluding steroid dienone is 4. The molecule has 1 aliphatic rings. The second-order valence-electron chi connectivity index (χ2n) is 7.06. The molecule has 0 radical (unpaired) electrons. The van der Waals surface area contributed by atoms with Crippen molar-refractivity contribution in [3.63, 3.8) is 0 Å². The van der Waals surface area contributed by atoms with Crippen molar-refractivity contribution in [3.8, 4) is 0 Å². The summed E-state index contributed by atoms with van der Waals surface area (Å²) in [6, 6.07) is 14.2. The quantitative estimate of drug-likeness (QED) is 0.498. The van der Waals surface area contributed by atoms with Gasteiger partial charge in [-0.05, 0) is 49.4 Å². The first-order valence-electron chi connectivity index (χ1n) is 9.82. The van der Waals surface area contributed by atoms with E-state index < -0.39 is 16.0 Å². The molecule has 0 amide bonds. The summed E-state index contributed by atoms with van der Waals surface area (Å²) >= 11 is 1.57. The molecule has 5 nitrogen and oxygen atoms in total. The number of hydrogen-bond acceptors (Lipinski definition) is 4. The Labute approximate surface area is 182 Å². The van der Waals surface area contributed by atoms with E-state index >= 15 is 0 Å². The molecular formula is C23H25NO4S2. The van der Waals surface area contributed by atoms with Gasteiger partial charge in [0.15, 0.2) is 0 Å². The molecule has 0 fully saturated rings. The molecule has 0 atom stereocenters. The third kappa shape index (κ3) is 6.78. The van der Waals surface area contributed by atoms with Gasteiger partial charge in [0.05, 0.1) is 17.0 Å². The predicted octanol–water partition coefficient (Wildman–Crippen LogP) is 5.13. The van der Waals surface area contributed by atoms with E-state index in [1.807, 2.05) is 30.3 Å². The van der Waals surface area contributed by atoms with E-state index in [2.05, 4.69) is 23.0 Å². The van der Waals surface area contributed by atoms with Crippen LogP contribution in [-0.2, 0) is 16.4 Å². The van der Waals surface area contributed by atoms with Crippen molar-refractivity contribution in [1.29, 1.82) is 0 Å². The number of sulfonamides is 1. The van der Waals surface area contributed by atoms with Gasteiger partial charge in [-0.15, -0.1) is 11.8 Å². The summed E-state index contributed by atoms with van der Waals surface area (Å²) in [7, 11) is -3.67. The zero-order chi connectivity index (χ0) is 21.4. The summed E-state index contributed by atoms with van der Waals surface area (Å²) < 4.78 is 27.4. The number of nitrogens with one attached hydrogen (secondary N) is 1.